The van der Waals surface area contributed by atoms with E-state index in [0.717, 1.165) is 6.42 Å². The third-order valence-electron chi connectivity index (χ3n) is 16.1. The molecule has 0 amide bonds. The van der Waals surface area contributed by atoms with Crippen LogP contribution in [-0.4, -0.2) is 4.57 Å². The van der Waals surface area contributed by atoms with Crippen LogP contribution in [0.15, 0.2) is 255 Å². The summed E-state index contributed by atoms with van der Waals surface area (Å²) in [5.41, 5.74) is 15.1. The molecule has 0 saturated heterocycles. The van der Waals surface area contributed by atoms with Crippen molar-refractivity contribution in [1.82, 2.24) is 4.57 Å². The van der Waals surface area contributed by atoms with Crippen molar-refractivity contribution in [2.24, 2.45) is 0 Å². The van der Waals surface area contributed by atoms with Gasteiger partial charge in [0.25, 0.3) is 0 Å². The quantitative estimate of drug-likeness (QED) is 0.146. The number of allylic oxidation sites excluding steroid dienone is 4. The van der Waals surface area contributed by atoms with Gasteiger partial charge in [0, 0.05) is 62.7 Å². The van der Waals surface area contributed by atoms with Crippen LogP contribution in [0, 0.1) is 0 Å². The summed E-state index contributed by atoms with van der Waals surface area (Å²) in [5, 5.41) is 15.6. The molecule has 1 aliphatic rings. The maximum Gasteiger partial charge on any atom is 0.0541 e. The fourth-order valence-electron chi connectivity index (χ4n) is 12.6. The molecular formula is C72H45NS2. The monoisotopic (exact) mass is 987 g/mol. The summed E-state index contributed by atoms with van der Waals surface area (Å²) in [4.78, 5) is 0. The molecule has 0 radical (unpaired) electrons. The predicted molar refractivity (Wildman–Crippen MR) is 327 cm³/mol. The van der Waals surface area contributed by atoms with E-state index < -0.39 is 0 Å². The second-order valence-corrected chi connectivity index (χ2v) is 22.2. The molecule has 350 valence electrons. The number of hydrogen-bond acceptors (Lipinski definition) is 2. The molecule has 0 spiro atoms. The van der Waals surface area contributed by atoms with Crippen LogP contribution in [0.2, 0.25) is 0 Å². The molecule has 0 bridgehead atoms. The van der Waals surface area contributed by atoms with E-state index >= 15 is 0 Å². The van der Waals surface area contributed by atoms with Crippen LogP contribution in [0.5, 0.6) is 0 Å². The van der Waals surface area contributed by atoms with Crippen molar-refractivity contribution in [2.75, 3.05) is 0 Å². The highest BCUT2D eigenvalue weighted by Gasteiger charge is 2.22. The van der Waals surface area contributed by atoms with E-state index in [4.69, 9.17) is 0 Å². The Morgan fingerprint density at radius 2 is 0.707 bits per heavy atom. The number of thiophene rings is 2. The fourth-order valence-corrected chi connectivity index (χ4v) is 15.3. The van der Waals surface area contributed by atoms with Crippen LogP contribution in [0.1, 0.15) is 17.9 Å². The highest BCUT2D eigenvalue weighted by atomic mass is 32.1. The van der Waals surface area contributed by atoms with E-state index in [1.165, 1.54) is 150 Å². The normalized spacial score (nSPS) is 14.0. The molecule has 15 aromatic rings. The lowest BCUT2D eigenvalue weighted by Gasteiger charge is -2.20. The van der Waals surface area contributed by atoms with Gasteiger partial charge < -0.3 is 4.57 Å². The lowest BCUT2D eigenvalue weighted by atomic mass is 9.87. The molecule has 3 heterocycles. The summed E-state index contributed by atoms with van der Waals surface area (Å²) in [7, 11) is 0. The first-order chi connectivity index (χ1) is 37.2. The maximum atomic E-state index is 2.52. The van der Waals surface area contributed by atoms with E-state index in [9.17, 15) is 0 Å². The number of fused-ring (bicyclic) bond motifs is 15. The van der Waals surface area contributed by atoms with Crippen LogP contribution in [-0.2, 0) is 0 Å². The van der Waals surface area contributed by atoms with Gasteiger partial charge >= 0.3 is 0 Å². The summed E-state index contributed by atoms with van der Waals surface area (Å²) in [6.45, 7) is 0. The molecule has 0 saturated carbocycles. The van der Waals surface area contributed by atoms with Gasteiger partial charge in [-0.05, 0) is 125 Å². The second kappa shape index (κ2) is 16.8. The van der Waals surface area contributed by atoms with Crippen LogP contribution in [0.3, 0.4) is 0 Å². The van der Waals surface area contributed by atoms with Crippen LogP contribution < -0.4 is 0 Å². The molecule has 3 aromatic heterocycles. The van der Waals surface area contributed by atoms with Gasteiger partial charge in [-0.15, -0.1) is 22.7 Å². The SMILES string of the molecule is C1=CC(c2ccc3c4ccccc4c4ccccc4c3c2)CC=C1n1c2ccc(-c3cccc4c3sc3c(-c5ccccc5)cccc34)cc2c2cc(-c3cccc4c3sc3c(-c5ccccc5)cccc34)ccc21. The van der Waals surface area contributed by atoms with Crippen LogP contribution in [0.25, 0.3) is 145 Å². The maximum absolute atomic E-state index is 2.52. The van der Waals surface area contributed by atoms with E-state index in [1.54, 1.807) is 0 Å². The van der Waals surface area contributed by atoms with Crippen molar-refractivity contribution in [2.45, 2.75) is 12.3 Å². The Bertz CT molecular complexity index is 4660. The lowest BCUT2D eigenvalue weighted by Crippen LogP contribution is -2.03. The third-order valence-corrected chi connectivity index (χ3v) is 18.7. The van der Waals surface area contributed by atoms with E-state index in [-0.39, 0.29) is 5.92 Å². The minimum Gasteiger partial charge on any atom is -0.310 e. The minimum atomic E-state index is 0.267. The van der Waals surface area contributed by atoms with Crippen molar-refractivity contribution in [1.29, 1.82) is 0 Å². The Morgan fingerprint density at radius 1 is 0.307 bits per heavy atom. The molecule has 0 fully saturated rings. The van der Waals surface area contributed by atoms with Gasteiger partial charge in [0.1, 0.15) is 0 Å². The first-order valence-corrected chi connectivity index (χ1v) is 27.6. The van der Waals surface area contributed by atoms with Gasteiger partial charge in [0.05, 0.1) is 11.0 Å². The molecule has 1 aliphatic carbocycles. The van der Waals surface area contributed by atoms with Gasteiger partial charge in [-0.1, -0.05) is 218 Å². The van der Waals surface area contributed by atoms with E-state index in [0.29, 0.717) is 0 Å². The molecule has 1 unspecified atom stereocenters. The fraction of sp³-hybridized carbons (Fsp3) is 0.0278. The average Bonchev–Trinajstić information content (AvgIpc) is 4.18. The predicted octanol–water partition coefficient (Wildman–Crippen LogP) is 21.2. The Morgan fingerprint density at radius 3 is 1.15 bits per heavy atom. The highest BCUT2D eigenvalue weighted by molar-refractivity contribution is 7.27. The van der Waals surface area contributed by atoms with Crippen molar-refractivity contribution in [3.05, 3.63) is 260 Å². The number of rotatable bonds is 6. The first kappa shape index (κ1) is 42.6. The lowest BCUT2D eigenvalue weighted by molar-refractivity contribution is 0.852. The molecule has 1 nitrogen and oxygen atoms in total. The van der Waals surface area contributed by atoms with Gasteiger partial charge in [-0.25, -0.2) is 0 Å². The van der Waals surface area contributed by atoms with Crippen molar-refractivity contribution >= 4 is 123 Å². The minimum absolute atomic E-state index is 0.267. The summed E-state index contributed by atoms with van der Waals surface area (Å²) in [5.74, 6) is 0.267. The van der Waals surface area contributed by atoms with Gasteiger partial charge in [0.15, 0.2) is 0 Å². The Labute approximate surface area is 441 Å². The molecule has 1 atom stereocenters. The zero-order valence-electron chi connectivity index (χ0n) is 40.8. The number of benzene rings is 12. The largest absolute Gasteiger partial charge is 0.310 e. The number of aromatic nitrogens is 1. The van der Waals surface area contributed by atoms with E-state index in [1.807, 2.05) is 22.7 Å². The number of nitrogens with zero attached hydrogens (tertiary/aromatic N) is 1. The third kappa shape index (κ3) is 6.61. The number of hydrogen-bond donors (Lipinski definition) is 0. The zero-order chi connectivity index (χ0) is 49.1. The topological polar surface area (TPSA) is 4.93 Å². The smallest absolute Gasteiger partial charge is 0.0541 e. The van der Waals surface area contributed by atoms with Gasteiger partial charge in [-0.2, -0.15) is 0 Å². The Balaban J connectivity index is 0.857. The standard InChI is InChI=1S/C72H45NS2/c1-3-15-45(16-4-1)51-23-11-27-60-62-29-13-25-53(71(62)74-69(51)60)48-34-39-67-65(42-48)66-43-49(54-26-14-30-63-61-28-12-24-52(70(61)75-72(54)63)46-17-5-2-6-18-46)35-40-68(66)73(67)50-36-31-44(32-37-50)47-33-38-59-57-21-8-7-19-55(57)56-20-9-10-22-58(56)64(59)41-47/h1-31,33-44H,32H2. The van der Waals surface area contributed by atoms with Crippen molar-refractivity contribution in [3.63, 3.8) is 0 Å². The average molecular weight is 988 g/mol. The van der Waals surface area contributed by atoms with Gasteiger partial charge in [-0.3, -0.25) is 0 Å². The van der Waals surface area contributed by atoms with Crippen molar-refractivity contribution < 1.29 is 0 Å². The molecule has 3 heteroatoms. The van der Waals surface area contributed by atoms with Gasteiger partial charge in [0.2, 0.25) is 0 Å². The zero-order valence-corrected chi connectivity index (χ0v) is 42.4. The molecule has 12 aromatic carbocycles. The molecule has 0 aliphatic heterocycles. The summed E-state index contributed by atoms with van der Waals surface area (Å²) in [6, 6.07) is 88.3. The second-order valence-electron chi connectivity index (χ2n) is 20.2. The molecular weight excluding hydrogens is 943 g/mol. The highest BCUT2D eigenvalue weighted by Crippen LogP contribution is 2.48. The summed E-state index contributed by atoms with van der Waals surface area (Å²) in [6.07, 6.45) is 8.20. The van der Waals surface area contributed by atoms with Crippen LogP contribution in [0.4, 0.5) is 0 Å². The molecule has 0 N–H and O–H groups in total. The Kier molecular flexibility index (Phi) is 9.57. The first-order valence-electron chi connectivity index (χ1n) is 26.0. The molecule has 75 heavy (non-hydrogen) atoms. The summed E-state index contributed by atoms with van der Waals surface area (Å²) < 4.78 is 7.83. The summed E-state index contributed by atoms with van der Waals surface area (Å²) >= 11 is 3.84. The van der Waals surface area contributed by atoms with Crippen LogP contribution >= 0.6 is 22.7 Å². The molecule has 16 rings (SSSR count). The van der Waals surface area contributed by atoms with E-state index in [2.05, 4.69) is 259 Å². The Hall–Kier alpha value is -8.86. The van der Waals surface area contributed by atoms with Crippen molar-refractivity contribution in [3.8, 4) is 44.5 Å².